The maximum atomic E-state index is 11.9. The van der Waals surface area contributed by atoms with Crippen LogP contribution in [-0.4, -0.2) is 5.91 Å². The minimum Gasteiger partial charge on any atom is -0.326 e. The monoisotopic (exact) mass is 217 g/mol. The zero-order chi connectivity index (χ0) is 12.1. The van der Waals surface area contributed by atoms with Crippen LogP contribution >= 0.6 is 0 Å². The fraction of sp³-hybridized carbons (Fsp3) is 0.357. The van der Waals surface area contributed by atoms with E-state index in [2.05, 4.69) is 11.9 Å². The van der Waals surface area contributed by atoms with E-state index in [1.54, 1.807) is 0 Å². The standard InChI is InChI=1S/C14H19NO/c1-10(2)11(3)12(4)14(16)15-13-8-6-5-7-9-13/h5-9,11-12H,1H2,2-4H3,(H,15,16)/t11-,12-/m0/s1. The van der Waals surface area contributed by atoms with Gasteiger partial charge in [0.1, 0.15) is 0 Å². The van der Waals surface area contributed by atoms with Gasteiger partial charge in [-0.1, -0.05) is 44.2 Å². The number of allylic oxidation sites excluding steroid dienone is 1. The molecule has 1 amide bonds. The highest BCUT2D eigenvalue weighted by Gasteiger charge is 2.20. The lowest BCUT2D eigenvalue weighted by Crippen LogP contribution is -2.26. The van der Waals surface area contributed by atoms with E-state index in [0.717, 1.165) is 11.3 Å². The lowest BCUT2D eigenvalue weighted by atomic mass is 9.89. The molecule has 1 N–H and O–H groups in total. The van der Waals surface area contributed by atoms with Crippen LogP contribution in [-0.2, 0) is 4.79 Å². The third-order valence-corrected chi connectivity index (χ3v) is 2.98. The van der Waals surface area contributed by atoms with Crippen molar-refractivity contribution < 1.29 is 4.79 Å². The highest BCUT2D eigenvalue weighted by Crippen LogP contribution is 2.20. The van der Waals surface area contributed by atoms with E-state index in [9.17, 15) is 4.79 Å². The third kappa shape index (κ3) is 3.23. The first-order chi connectivity index (χ1) is 7.52. The topological polar surface area (TPSA) is 29.1 Å². The van der Waals surface area contributed by atoms with Crippen LogP contribution in [0.2, 0.25) is 0 Å². The molecule has 1 aromatic rings. The van der Waals surface area contributed by atoms with Crippen LogP contribution in [0.4, 0.5) is 5.69 Å². The molecular weight excluding hydrogens is 198 g/mol. The maximum absolute atomic E-state index is 11.9. The Morgan fingerprint density at radius 2 is 1.75 bits per heavy atom. The predicted molar refractivity (Wildman–Crippen MR) is 68.2 cm³/mol. The molecule has 0 unspecified atom stereocenters. The number of rotatable bonds is 4. The number of hydrogen-bond donors (Lipinski definition) is 1. The fourth-order valence-electron chi connectivity index (χ4n) is 1.43. The van der Waals surface area contributed by atoms with Crippen molar-refractivity contribution in [1.29, 1.82) is 0 Å². The lowest BCUT2D eigenvalue weighted by Gasteiger charge is -2.19. The average Bonchev–Trinajstić information content (AvgIpc) is 2.28. The Kier molecular flexibility index (Phi) is 4.29. The van der Waals surface area contributed by atoms with Crippen LogP contribution in [0.25, 0.3) is 0 Å². The van der Waals surface area contributed by atoms with Gasteiger partial charge in [0.15, 0.2) is 0 Å². The van der Waals surface area contributed by atoms with Gasteiger partial charge in [-0.05, 0) is 25.0 Å². The van der Waals surface area contributed by atoms with Crippen LogP contribution in [0, 0.1) is 11.8 Å². The molecule has 1 rings (SSSR count). The number of hydrogen-bond acceptors (Lipinski definition) is 1. The van der Waals surface area contributed by atoms with Crippen molar-refractivity contribution in [2.24, 2.45) is 11.8 Å². The van der Waals surface area contributed by atoms with Crippen LogP contribution < -0.4 is 5.32 Å². The van der Waals surface area contributed by atoms with E-state index < -0.39 is 0 Å². The van der Waals surface area contributed by atoms with Crippen molar-refractivity contribution in [2.45, 2.75) is 20.8 Å². The van der Waals surface area contributed by atoms with Crippen molar-refractivity contribution in [3.63, 3.8) is 0 Å². The number of benzene rings is 1. The van der Waals surface area contributed by atoms with Crippen molar-refractivity contribution in [3.8, 4) is 0 Å². The molecule has 0 spiro atoms. The Morgan fingerprint density at radius 1 is 1.19 bits per heavy atom. The molecule has 2 nitrogen and oxygen atoms in total. The Labute approximate surface area is 97.4 Å². The SMILES string of the molecule is C=C(C)[C@H](C)[C@H](C)C(=O)Nc1ccccc1. The zero-order valence-corrected chi connectivity index (χ0v) is 10.2. The summed E-state index contributed by atoms with van der Waals surface area (Å²) in [5.41, 5.74) is 1.88. The van der Waals surface area contributed by atoms with Crippen LogP contribution in [0.15, 0.2) is 42.5 Å². The highest BCUT2D eigenvalue weighted by molar-refractivity contribution is 5.92. The largest absolute Gasteiger partial charge is 0.326 e. The normalized spacial score (nSPS) is 13.9. The number of amides is 1. The van der Waals surface area contributed by atoms with E-state index in [4.69, 9.17) is 0 Å². The molecule has 0 saturated heterocycles. The Hall–Kier alpha value is -1.57. The molecule has 0 aliphatic heterocycles. The van der Waals surface area contributed by atoms with Crippen molar-refractivity contribution in [3.05, 3.63) is 42.5 Å². The molecule has 0 bridgehead atoms. The van der Waals surface area contributed by atoms with E-state index in [1.165, 1.54) is 0 Å². The molecule has 16 heavy (non-hydrogen) atoms. The van der Waals surface area contributed by atoms with E-state index >= 15 is 0 Å². The summed E-state index contributed by atoms with van der Waals surface area (Å²) in [7, 11) is 0. The number of para-hydroxylation sites is 1. The third-order valence-electron chi connectivity index (χ3n) is 2.98. The molecular formula is C14H19NO. The Bertz CT molecular complexity index is 370. The summed E-state index contributed by atoms with van der Waals surface area (Å²) in [6, 6.07) is 9.51. The van der Waals surface area contributed by atoms with Gasteiger partial charge >= 0.3 is 0 Å². The average molecular weight is 217 g/mol. The van der Waals surface area contributed by atoms with Gasteiger partial charge in [-0.15, -0.1) is 0 Å². The Morgan fingerprint density at radius 3 is 2.25 bits per heavy atom. The van der Waals surface area contributed by atoms with Crippen LogP contribution in [0.5, 0.6) is 0 Å². The number of carbonyl (C=O) groups excluding carboxylic acids is 1. The Balaban J connectivity index is 2.63. The summed E-state index contributed by atoms with van der Waals surface area (Å²) in [6.07, 6.45) is 0. The van der Waals surface area contributed by atoms with Gasteiger partial charge in [0.05, 0.1) is 0 Å². The molecule has 0 aromatic heterocycles. The number of nitrogens with one attached hydrogen (secondary N) is 1. The quantitative estimate of drug-likeness (QED) is 0.769. The second-order valence-electron chi connectivity index (χ2n) is 4.28. The zero-order valence-electron chi connectivity index (χ0n) is 10.2. The summed E-state index contributed by atoms with van der Waals surface area (Å²) in [5.74, 6) is 0.183. The van der Waals surface area contributed by atoms with E-state index in [1.807, 2.05) is 51.1 Å². The molecule has 86 valence electrons. The predicted octanol–water partition coefficient (Wildman–Crippen LogP) is 3.47. The first-order valence-electron chi connectivity index (χ1n) is 5.53. The van der Waals surface area contributed by atoms with Gasteiger partial charge in [-0.2, -0.15) is 0 Å². The molecule has 0 fully saturated rings. The van der Waals surface area contributed by atoms with E-state index in [0.29, 0.717) is 0 Å². The number of anilines is 1. The molecule has 0 saturated carbocycles. The maximum Gasteiger partial charge on any atom is 0.227 e. The van der Waals surface area contributed by atoms with Crippen molar-refractivity contribution in [1.82, 2.24) is 0 Å². The van der Waals surface area contributed by atoms with Gasteiger partial charge in [0, 0.05) is 11.6 Å². The molecule has 2 atom stereocenters. The minimum absolute atomic E-state index is 0.0432. The van der Waals surface area contributed by atoms with Crippen LogP contribution in [0.1, 0.15) is 20.8 Å². The van der Waals surface area contributed by atoms with Gasteiger partial charge in [-0.25, -0.2) is 0 Å². The van der Waals surface area contributed by atoms with Crippen LogP contribution in [0.3, 0.4) is 0 Å². The molecule has 2 heteroatoms. The molecule has 0 radical (unpaired) electrons. The van der Waals surface area contributed by atoms with E-state index in [-0.39, 0.29) is 17.7 Å². The van der Waals surface area contributed by atoms with Gasteiger partial charge < -0.3 is 5.32 Å². The second kappa shape index (κ2) is 5.50. The molecule has 0 aliphatic rings. The second-order valence-corrected chi connectivity index (χ2v) is 4.28. The van der Waals surface area contributed by atoms with Crippen molar-refractivity contribution in [2.75, 3.05) is 5.32 Å². The first-order valence-corrected chi connectivity index (χ1v) is 5.53. The molecule has 0 aliphatic carbocycles. The summed E-state index contributed by atoms with van der Waals surface area (Å²) < 4.78 is 0. The smallest absolute Gasteiger partial charge is 0.227 e. The molecule has 1 aromatic carbocycles. The summed E-state index contributed by atoms with van der Waals surface area (Å²) >= 11 is 0. The van der Waals surface area contributed by atoms with Crippen molar-refractivity contribution >= 4 is 11.6 Å². The molecule has 0 heterocycles. The minimum atomic E-state index is -0.0577. The van der Waals surface area contributed by atoms with Gasteiger partial charge in [-0.3, -0.25) is 4.79 Å². The summed E-state index contributed by atoms with van der Waals surface area (Å²) in [5, 5.41) is 2.90. The number of carbonyl (C=O) groups is 1. The highest BCUT2D eigenvalue weighted by atomic mass is 16.1. The summed E-state index contributed by atoms with van der Waals surface area (Å²) in [6.45, 7) is 9.79. The first kappa shape index (κ1) is 12.5. The van der Waals surface area contributed by atoms with Gasteiger partial charge in [0.2, 0.25) is 5.91 Å². The van der Waals surface area contributed by atoms with Gasteiger partial charge in [0.25, 0.3) is 0 Å². The fourth-order valence-corrected chi connectivity index (χ4v) is 1.43. The summed E-state index contributed by atoms with van der Waals surface area (Å²) in [4.78, 5) is 11.9. The lowest BCUT2D eigenvalue weighted by molar-refractivity contribution is -0.120.